The molecule has 1 fully saturated rings. The first-order valence-electron chi connectivity index (χ1n) is 10.2. The summed E-state index contributed by atoms with van der Waals surface area (Å²) in [5.41, 5.74) is 2.19. The molecule has 0 bridgehead atoms. The quantitative estimate of drug-likeness (QED) is 0.579. The van der Waals surface area contributed by atoms with E-state index in [-0.39, 0.29) is 25.4 Å². The van der Waals surface area contributed by atoms with Gasteiger partial charge in [0.15, 0.2) is 11.5 Å². The van der Waals surface area contributed by atoms with Crippen molar-refractivity contribution in [2.24, 2.45) is 0 Å². The van der Waals surface area contributed by atoms with Crippen LogP contribution in [0.15, 0.2) is 54.6 Å². The Morgan fingerprint density at radius 2 is 1.84 bits per heavy atom. The van der Waals surface area contributed by atoms with E-state index in [1.165, 1.54) is 18.2 Å². The molecule has 2 aliphatic rings. The Morgan fingerprint density at radius 3 is 2.59 bits per heavy atom. The fourth-order valence-corrected chi connectivity index (χ4v) is 4.11. The van der Waals surface area contributed by atoms with Crippen LogP contribution in [0.5, 0.6) is 11.5 Å². The van der Waals surface area contributed by atoms with Crippen LogP contribution in [0, 0.1) is 12.7 Å². The van der Waals surface area contributed by atoms with Gasteiger partial charge in [-0.3, -0.25) is 4.79 Å². The largest absolute Gasteiger partial charge is 0.478 e. The van der Waals surface area contributed by atoms with E-state index < -0.39 is 17.2 Å². The number of aryl methyl sites for hydroxylation is 1. The van der Waals surface area contributed by atoms with Gasteiger partial charge in [0.1, 0.15) is 5.82 Å². The number of nitrogens with one attached hydrogen (secondary N) is 1. The summed E-state index contributed by atoms with van der Waals surface area (Å²) in [6, 6.07) is 14.8. The molecule has 3 aromatic carbocycles. The molecule has 1 saturated carbocycles. The summed E-state index contributed by atoms with van der Waals surface area (Å²) in [5, 5.41) is 12.0. The number of hydrogen-bond acceptors (Lipinski definition) is 4. The van der Waals surface area contributed by atoms with Gasteiger partial charge >= 0.3 is 5.97 Å². The molecule has 32 heavy (non-hydrogen) atoms. The number of carboxylic acid groups (broad SMARTS) is 1. The summed E-state index contributed by atoms with van der Waals surface area (Å²) in [7, 11) is 0. The maximum atomic E-state index is 14.8. The SMILES string of the molecule is Cc1cc(F)c(NC(=O)C2(c3ccc4c(c3)OCO4)CC2)cc1-c1cccc(C(=O)O)c1.[HH]. The van der Waals surface area contributed by atoms with Crippen molar-refractivity contribution >= 4 is 17.6 Å². The van der Waals surface area contributed by atoms with Crippen molar-refractivity contribution in [3.63, 3.8) is 0 Å². The second kappa shape index (κ2) is 7.37. The van der Waals surface area contributed by atoms with Gasteiger partial charge in [-0.2, -0.15) is 0 Å². The van der Waals surface area contributed by atoms with E-state index in [2.05, 4.69) is 5.32 Å². The second-order valence-electron chi connectivity index (χ2n) is 8.14. The van der Waals surface area contributed by atoms with E-state index in [1.54, 1.807) is 31.2 Å². The maximum Gasteiger partial charge on any atom is 0.335 e. The van der Waals surface area contributed by atoms with Crippen molar-refractivity contribution in [2.45, 2.75) is 25.2 Å². The lowest BCUT2D eigenvalue weighted by Crippen LogP contribution is -2.28. The van der Waals surface area contributed by atoms with E-state index in [4.69, 9.17) is 9.47 Å². The molecule has 0 spiro atoms. The number of anilines is 1. The zero-order chi connectivity index (χ0) is 22.5. The third kappa shape index (κ3) is 3.36. The highest BCUT2D eigenvalue weighted by Crippen LogP contribution is 2.51. The van der Waals surface area contributed by atoms with Gasteiger partial charge in [0.05, 0.1) is 16.7 Å². The van der Waals surface area contributed by atoms with E-state index in [0.29, 0.717) is 41.0 Å². The Balaban J connectivity index is 0.00000259. The minimum Gasteiger partial charge on any atom is -0.478 e. The number of halogens is 1. The van der Waals surface area contributed by atoms with Crippen molar-refractivity contribution in [1.82, 2.24) is 0 Å². The van der Waals surface area contributed by atoms with Crippen molar-refractivity contribution in [3.05, 3.63) is 77.1 Å². The van der Waals surface area contributed by atoms with Gasteiger partial charge < -0.3 is 19.9 Å². The molecule has 0 radical (unpaired) electrons. The van der Waals surface area contributed by atoms with Crippen LogP contribution in [0.4, 0.5) is 10.1 Å². The lowest BCUT2D eigenvalue weighted by atomic mass is 9.94. The summed E-state index contributed by atoms with van der Waals surface area (Å²) < 4.78 is 25.5. The molecule has 1 aliphatic carbocycles. The molecule has 1 heterocycles. The van der Waals surface area contributed by atoms with Crippen molar-refractivity contribution in [3.8, 4) is 22.6 Å². The molecule has 5 rings (SSSR count). The monoisotopic (exact) mass is 435 g/mol. The molecule has 6 nitrogen and oxygen atoms in total. The third-order valence-corrected chi connectivity index (χ3v) is 6.09. The van der Waals surface area contributed by atoms with Crippen molar-refractivity contribution in [1.29, 1.82) is 0 Å². The Kier molecular flexibility index (Phi) is 4.62. The molecule has 1 amide bonds. The smallest absolute Gasteiger partial charge is 0.335 e. The number of carbonyl (C=O) groups is 2. The number of fused-ring (bicyclic) bond motifs is 1. The van der Waals surface area contributed by atoms with Crippen LogP contribution >= 0.6 is 0 Å². The summed E-state index contributed by atoms with van der Waals surface area (Å²) >= 11 is 0. The first kappa shape index (κ1) is 20.1. The highest BCUT2D eigenvalue weighted by atomic mass is 19.1. The fraction of sp³-hybridized carbons (Fsp3) is 0.200. The minimum absolute atomic E-state index is 0. The van der Waals surface area contributed by atoms with Gasteiger partial charge in [-0.25, -0.2) is 9.18 Å². The Labute approximate surface area is 185 Å². The van der Waals surface area contributed by atoms with Gasteiger partial charge in [0.25, 0.3) is 0 Å². The molecule has 2 N–H and O–H groups in total. The van der Waals surface area contributed by atoms with Crippen molar-refractivity contribution in [2.75, 3.05) is 12.1 Å². The molecular formula is C25H22FNO5. The van der Waals surface area contributed by atoms with Gasteiger partial charge in [0, 0.05) is 1.43 Å². The van der Waals surface area contributed by atoms with Gasteiger partial charge in [-0.15, -0.1) is 0 Å². The van der Waals surface area contributed by atoms with Gasteiger partial charge in [0.2, 0.25) is 12.7 Å². The minimum atomic E-state index is -1.04. The predicted molar refractivity (Wildman–Crippen MR) is 118 cm³/mol. The number of carbonyl (C=O) groups excluding carboxylic acids is 1. The Bertz CT molecular complexity index is 1270. The Hall–Kier alpha value is -3.87. The molecule has 0 unspecified atom stereocenters. The molecule has 7 heteroatoms. The number of aromatic carboxylic acids is 1. The highest BCUT2D eigenvalue weighted by molar-refractivity contribution is 6.02. The predicted octanol–water partition coefficient (Wildman–Crippen LogP) is 5.14. The average Bonchev–Trinajstić information content (AvgIpc) is 3.46. The zero-order valence-electron chi connectivity index (χ0n) is 17.3. The Morgan fingerprint density at radius 1 is 1.06 bits per heavy atom. The normalized spacial score (nSPS) is 15.3. The van der Waals surface area contributed by atoms with E-state index in [9.17, 15) is 19.1 Å². The molecular weight excluding hydrogens is 413 g/mol. The number of amides is 1. The van der Waals surface area contributed by atoms with Gasteiger partial charge in [-0.05, 0) is 78.4 Å². The number of rotatable bonds is 5. The van der Waals surface area contributed by atoms with E-state index in [0.717, 1.165) is 5.56 Å². The molecule has 0 aromatic heterocycles. The summed E-state index contributed by atoms with van der Waals surface area (Å²) in [6.07, 6.45) is 1.30. The lowest BCUT2D eigenvalue weighted by Gasteiger charge is -2.18. The molecule has 1 aliphatic heterocycles. The zero-order valence-corrected chi connectivity index (χ0v) is 17.3. The average molecular weight is 435 g/mol. The third-order valence-electron chi connectivity index (χ3n) is 6.09. The van der Waals surface area contributed by atoms with Crippen molar-refractivity contribution < 1.29 is 30.0 Å². The van der Waals surface area contributed by atoms with Crippen LogP contribution < -0.4 is 14.8 Å². The molecule has 164 valence electrons. The number of benzene rings is 3. The highest BCUT2D eigenvalue weighted by Gasteiger charge is 2.51. The van der Waals surface area contributed by atoms with Crippen LogP contribution in [0.25, 0.3) is 11.1 Å². The fourth-order valence-electron chi connectivity index (χ4n) is 4.11. The van der Waals surface area contributed by atoms with Crippen LogP contribution in [0.3, 0.4) is 0 Å². The first-order valence-corrected chi connectivity index (χ1v) is 10.2. The van der Waals surface area contributed by atoms with Crippen LogP contribution in [0.2, 0.25) is 0 Å². The van der Waals surface area contributed by atoms with Crippen LogP contribution in [-0.4, -0.2) is 23.8 Å². The number of hydrogen-bond donors (Lipinski definition) is 2. The van der Waals surface area contributed by atoms with Crippen LogP contribution in [0.1, 0.15) is 35.8 Å². The summed E-state index contributed by atoms with van der Waals surface area (Å²) in [6.45, 7) is 1.89. The second-order valence-corrected chi connectivity index (χ2v) is 8.14. The number of carboxylic acids is 1. The summed E-state index contributed by atoms with van der Waals surface area (Å²) in [5.74, 6) is -0.633. The van der Waals surface area contributed by atoms with E-state index in [1.807, 2.05) is 12.1 Å². The number of ether oxygens (including phenoxy) is 2. The lowest BCUT2D eigenvalue weighted by molar-refractivity contribution is -0.118. The molecule has 0 atom stereocenters. The maximum absolute atomic E-state index is 14.8. The molecule has 3 aromatic rings. The first-order chi connectivity index (χ1) is 15.4. The topological polar surface area (TPSA) is 84.9 Å². The standard InChI is InChI=1S/C25H20FNO5.H2/c1-14-9-19(26)20(12-18(14)15-3-2-4-16(10-15)23(28)29)27-24(30)25(7-8-25)17-5-6-21-22(11-17)32-13-31-21;/h2-6,9-12H,7-8,13H2,1H3,(H,27,30)(H,28,29);1H. The van der Waals surface area contributed by atoms with Gasteiger partial charge in [-0.1, -0.05) is 18.2 Å². The van der Waals surface area contributed by atoms with Crippen LogP contribution in [-0.2, 0) is 10.2 Å². The molecule has 0 saturated heterocycles. The van der Waals surface area contributed by atoms with E-state index >= 15 is 0 Å². The summed E-state index contributed by atoms with van der Waals surface area (Å²) in [4.78, 5) is 24.5.